The van der Waals surface area contributed by atoms with E-state index in [1.807, 2.05) is 0 Å². The van der Waals surface area contributed by atoms with Crippen molar-refractivity contribution in [1.29, 1.82) is 0 Å². The zero-order chi connectivity index (χ0) is 5.98. The predicted octanol–water partition coefficient (Wildman–Crippen LogP) is -0.666. The van der Waals surface area contributed by atoms with Crippen molar-refractivity contribution in [3.8, 4) is 0 Å². The van der Waals surface area contributed by atoms with Crippen LogP contribution in [0.2, 0.25) is 0 Å². The summed E-state index contributed by atoms with van der Waals surface area (Å²) in [5, 5.41) is 0. The number of ketones is 2. The fraction of sp³-hybridized carbons (Fsp3) is 0. The molecule has 0 saturated heterocycles. The highest BCUT2D eigenvalue weighted by atomic mass is 24.3. The van der Waals surface area contributed by atoms with Crippen LogP contribution >= 0.6 is 0 Å². The second-order valence-electron chi connectivity index (χ2n) is 1.47. The van der Waals surface area contributed by atoms with Gasteiger partial charge in [0.25, 0.3) is 0 Å². The first kappa shape index (κ1) is 8.59. The van der Waals surface area contributed by atoms with Crippen molar-refractivity contribution in [2.75, 3.05) is 0 Å². The van der Waals surface area contributed by atoms with Crippen molar-refractivity contribution >= 4 is 34.6 Å². The standard InChI is InChI=1S/C6H4O2.Mg.2H/c7-5-1-2-6(8)4-3-5;;;/h1-4H;;;. The van der Waals surface area contributed by atoms with Crippen LogP contribution in [0.1, 0.15) is 0 Å². The summed E-state index contributed by atoms with van der Waals surface area (Å²) in [6.45, 7) is 0. The highest BCUT2D eigenvalue weighted by Gasteiger charge is 1.97. The zero-order valence-electron chi connectivity index (χ0n) is 4.13. The van der Waals surface area contributed by atoms with E-state index in [2.05, 4.69) is 0 Å². The molecule has 9 heavy (non-hydrogen) atoms. The van der Waals surface area contributed by atoms with Crippen molar-refractivity contribution < 1.29 is 9.59 Å². The number of carbonyl (C=O) groups excluding carboxylic acids is 2. The third-order valence-electron chi connectivity index (χ3n) is 0.824. The lowest BCUT2D eigenvalue weighted by atomic mass is 10.2. The van der Waals surface area contributed by atoms with Crippen LogP contribution in [-0.2, 0) is 9.59 Å². The van der Waals surface area contributed by atoms with E-state index in [1.165, 1.54) is 24.3 Å². The molecule has 0 spiro atoms. The molecule has 1 aliphatic carbocycles. The summed E-state index contributed by atoms with van der Waals surface area (Å²) in [7, 11) is 0. The minimum absolute atomic E-state index is 0. The molecular formula is C6H6MgO2. The second kappa shape index (κ2) is 3.58. The van der Waals surface area contributed by atoms with Crippen LogP contribution in [0.15, 0.2) is 24.3 Å². The normalized spacial score (nSPS) is 15.6. The number of hydrogen-bond acceptors (Lipinski definition) is 2. The van der Waals surface area contributed by atoms with Gasteiger partial charge in [-0.25, -0.2) is 0 Å². The van der Waals surface area contributed by atoms with Gasteiger partial charge in [-0.05, 0) is 24.3 Å². The average Bonchev–Trinajstić information content (AvgIpc) is 1.77. The number of hydrogen-bond donors (Lipinski definition) is 0. The second-order valence-corrected chi connectivity index (χ2v) is 1.47. The van der Waals surface area contributed by atoms with Gasteiger partial charge >= 0.3 is 23.1 Å². The van der Waals surface area contributed by atoms with Gasteiger partial charge in [0, 0.05) is 0 Å². The molecule has 0 fully saturated rings. The SMILES string of the molecule is O=C1C=CC(=O)C=C1.[MgH2]. The van der Waals surface area contributed by atoms with Crippen LogP contribution in [0.25, 0.3) is 0 Å². The van der Waals surface area contributed by atoms with Crippen molar-refractivity contribution in [3.05, 3.63) is 24.3 Å². The van der Waals surface area contributed by atoms with Crippen molar-refractivity contribution in [3.63, 3.8) is 0 Å². The summed E-state index contributed by atoms with van der Waals surface area (Å²) in [5.41, 5.74) is 0. The molecule has 0 amide bonds. The maximum absolute atomic E-state index is 10.3. The highest BCUT2D eigenvalue weighted by molar-refractivity contribution is 6.14. The van der Waals surface area contributed by atoms with Crippen LogP contribution in [0.3, 0.4) is 0 Å². The Labute approximate surface area is 68.8 Å². The minimum atomic E-state index is -0.121. The Balaban J connectivity index is 0.000000640. The first-order valence-electron chi connectivity index (χ1n) is 2.23. The maximum Gasteiger partial charge on any atom is 0.316 e. The largest absolute Gasteiger partial charge is 0.316 e. The molecule has 0 atom stereocenters. The minimum Gasteiger partial charge on any atom is -0.290 e. The Kier molecular flexibility index (Phi) is 3.42. The molecule has 0 radical (unpaired) electrons. The Hall–Kier alpha value is -0.414. The van der Waals surface area contributed by atoms with Crippen LogP contribution in [0.5, 0.6) is 0 Å². The Morgan fingerprint density at radius 1 is 0.778 bits per heavy atom. The first-order chi connectivity index (χ1) is 3.79. The highest BCUT2D eigenvalue weighted by Crippen LogP contribution is 1.90. The number of allylic oxidation sites excluding steroid dienone is 4. The van der Waals surface area contributed by atoms with Gasteiger partial charge in [-0.3, -0.25) is 9.59 Å². The molecule has 1 rings (SSSR count). The molecule has 0 N–H and O–H groups in total. The van der Waals surface area contributed by atoms with Crippen molar-refractivity contribution in [2.45, 2.75) is 0 Å². The lowest BCUT2D eigenvalue weighted by molar-refractivity contribution is -0.113. The summed E-state index contributed by atoms with van der Waals surface area (Å²) in [6.07, 6.45) is 5.01. The number of carbonyl (C=O) groups is 2. The molecular weight excluding hydrogens is 128 g/mol. The molecule has 3 heteroatoms. The monoisotopic (exact) mass is 134 g/mol. The average molecular weight is 134 g/mol. The van der Waals surface area contributed by atoms with Crippen LogP contribution < -0.4 is 0 Å². The van der Waals surface area contributed by atoms with E-state index < -0.39 is 0 Å². The molecule has 0 saturated carbocycles. The molecule has 0 heterocycles. The van der Waals surface area contributed by atoms with Gasteiger partial charge < -0.3 is 0 Å². The summed E-state index contributed by atoms with van der Waals surface area (Å²) in [4.78, 5) is 20.6. The van der Waals surface area contributed by atoms with E-state index >= 15 is 0 Å². The Morgan fingerprint density at radius 3 is 1.22 bits per heavy atom. The molecule has 0 aliphatic heterocycles. The maximum atomic E-state index is 10.3. The van der Waals surface area contributed by atoms with Gasteiger partial charge in [0.1, 0.15) is 0 Å². The lowest BCUT2D eigenvalue weighted by Crippen LogP contribution is -1.97. The molecule has 0 bridgehead atoms. The van der Waals surface area contributed by atoms with Gasteiger partial charge in [0.15, 0.2) is 11.6 Å². The molecule has 0 aromatic heterocycles. The van der Waals surface area contributed by atoms with E-state index in [9.17, 15) is 9.59 Å². The topological polar surface area (TPSA) is 34.1 Å². The van der Waals surface area contributed by atoms with Crippen molar-refractivity contribution in [2.24, 2.45) is 0 Å². The predicted molar refractivity (Wildman–Crippen MR) is 36.8 cm³/mol. The summed E-state index contributed by atoms with van der Waals surface area (Å²) in [6, 6.07) is 0. The quantitative estimate of drug-likeness (QED) is 0.325. The van der Waals surface area contributed by atoms with Crippen LogP contribution in [0, 0.1) is 0 Å². The van der Waals surface area contributed by atoms with E-state index in [0.29, 0.717) is 0 Å². The molecule has 1 aliphatic rings. The van der Waals surface area contributed by atoms with Gasteiger partial charge in [0.05, 0.1) is 0 Å². The van der Waals surface area contributed by atoms with Gasteiger partial charge in [-0.1, -0.05) is 0 Å². The third-order valence-corrected chi connectivity index (χ3v) is 0.824. The van der Waals surface area contributed by atoms with Gasteiger partial charge in [-0.15, -0.1) is 0 Å². The molecule has 0 aromatic rings. The molecule has 0 aromatic carbocycles. The van der Waals surface area contributed by atoms with E-state index in [1.54, 1.807) is 0 Å². The summed E-state index contributed by atoms with van der Waals surface area (Å²) in [5.74, 6) is -0.241. The van der Waals surface area contributed by atoms with E-state index in [-0.39, 0.29) is 34.6 Å². The van der Waals surface area contributed by atoms with Gasteiger partial charge in [0.2, 0.25) is 0 Å². The lowest BCUT2D eigenvalue weighted by Gasteiger charge is -1.87. The first-order valence-corrected chi connectivity index (χ1v) is 2.23. The molecule has 2 nitrogen and oxygen atoms in total. The Bertz CT molecular complexity index is 153. The summed E-state index contributed by atoms with van der Waals surface area (Å²) >= 11 is 0. The van der Waals surface area contributed by atoms with Crippen molar-refractivity contribution in [1.82, 2.24) is 0 Å². The smallest absolute Gasteiger partial charge is 0.290 e. The number of rotatable bonds is 0. The van der Waals surface area contributed by atoms with Crippen LogP contribution in [-0.4, -0.2) is 34.6 Å². The summed E-state index contributed by atoms with van der Waals surface area (Å²) < 4.78 is 0. The van der Waals surface area contributed by atoms with Gasteiger partial charge in [-0.2, -0.15) is 0 Å². The Morgan fingerprint density at radius 2 is 1.00 bits per heavy atom. The molecule has 44 valence electrons. The fourth-order valence-corrected chi connectivity index (χ4v) is 0.440. The van der Waals surface area contributed by atoms with Crippen LogP contribution in [0.4, 0.5) is 0 Å². The van der Waals surface area contributed by atoms with E-state index in [0.717, 1.165) is 0 Å². The fourth-order valence-electron chi connectivity index (χ4n) is 0.440. The third kappa shape index (κ3) is 2.58. The zero-order valence-corrected chi connectivity index (χ0v) is 4.13. The molecule has 0 unspecified atom stereocenters. The van der Waals surface area contributed by atoms with E-state index in [4.69, 9.17) is 0 Å².